The van der Waals surface area contributed by atoms with Crippen molar-refractivity contribution >= 4 is 28.3 Å². The normalized spacial score (nSPS) is 11.7. The lowest BCUT2D eigenvalue weighted by atomic mass is 10.3. The van der Waals surface area contributed by atoms with Crippen LogP contribution in [-0.2, 0) is 6.54 Å². The summed E-state index contributed by atoms with van der Waals surface area (Å²) in [6.45, 7) is 4.26. The molecule has 4 aromatic heterocycles. The second-order valence-electron chi connectivity index (χ2n) is 6.31. The van der Waals surface area contributed by atoms with Crippen molar-refractivity contribution in [3.63, 3.8) is 0 Å². The summed E-state index contributed by atoms with van der Waals surface area (Å²) in [6.07, 6.45) is 3.42. The Balaban J connectivity index is 1.60. The van der Waals surface area contributed by atoms with E-state index in [0.717, 1.165) is 28.1 Å². The van der Waals surface area contributed by atoms with Gasteiger partial charge in [0.05, 0.1) is 33.7 Å². The van der Waals surface area contributed by atoms with E-state index in [1.165, 1.54) is 0 Å². The smallest absolute Gasteiger partial charge is 0.173 e. The summed E-state index contributed by atoms with van der Waals surface area (Å²) in [4.78, 5) is 9.20. The van der Waals surface area contributed by atoms with E-state index < -0.39 is 0 Å². The molecule has 8 nitrogen and oxygen atoms in total. The molecule has 0 atom stereocenters. The number of para-hydroxylation sites is 1. The number of aromatic nitrogens is 8. The fraction of sp³-hybridized carbons (Fsp3) is 0.167. The molecule has 4 heterocycles. The highest BCUT2D eigenvalue weighted by Gasteiger charge is 2.15. The first-order valence-corrected chi connectivity index (χ1v) is 8.82. The summed E-state index contributed by atoms with van der Waals surface area (Å²) in [5.41, 5.74) is 4.09. The molecule has 5 rings (SSSR count). The fourth-order valence-electron chi connectivity index (χ4n) is 3.15. The Morgan fingerprint density at radius 1 is 1.04 bits per heavy atom. The molecule has 0 saturated carbocycles. The third kappa shape index (κ3) is 2.48. The van der Waals surface area contributed by atoms with Gasteiger partial charge in [0.25, 0.3) is 0 Å². The first-order chi connectivity index (χ1) is 13.1. The van der Waals surface area contributed by atoms with Crippen LogP contribution in [0.2, 0.25) is 5.02 Å². The first-order valence-electron chi connectivity index (χ1n) is 8.45. The zero-order chi connectivity index (χ0) is 18.5. The van der Waals surface area contributed by atoms with E-state index in [9.17, 15) is 0 Å². The number of nitrogens with zero attached hydrogens (tertiary/aromatic N) is 8. The number of rotatable bonds is 3. The summed E-state index contributed by atoms with van der Waals surface area (Å²) >= 11 is 6.23. The molecular weight excluding hydrogens is 364 g/mol. The molecule has 0 bridgehead atoms. The Morgan fingerprint density at radius 2 is 1.85 bits per heavy atom. The lowest BCUT2D eigenvalue weighted by molar-refractivity contribution is 0.630. The molecule has 0 aliphatic heterocycles. The maximum Gasteiger partial charge on any atom is 0.173 e. The van der Waals surface area contributed by atoms with Gasteiger partial charge in [0.2, 0.25) is 0 Å². The molecule has 0 aliphatic rings. The molecule has 0 saturated heterocycles. The van der Waals surface area contributed by atoms with Crippen LogP contribution in [0.1, 0.15) is 17.2 Å². The van der Waals surface area contributed by atoms with Gasteiger partial charge in [0.15, 0.2) is 17.1 Å². The number of fused-ring (bicyclic) bond motifs is 3. The summed E-state index contributed by atoms with van der Waals surface area (Å²) in [5.74, 6) is 0.638. The average molecular weight is 379 g/mol. The number of benzene rings is 1. The van der Waals surface area contributed by atoms with Crippen molar-refractivity contribution in [2.75, 3.05) is 0 Å². The molecular formula is C18H15ClN8. The second kappa shape index (κ2) is 5.88. The van der Waals surface area contributed by atoms with Gasteiger partial charge in [0, 0.05) is 0 Å². The van der Waals surface area contributed by atoms with Crippen LogP contribution in [0.5, 0.6) is 0 Å². The molecule has 27 heavy (non-hydrogen) atoms. The van der Waals surface area contributed by atoms with Crippen LogP contribution in [0.15, 0.2) is 42.9 Å². The van der Waals surface area contributed by atoms with Crippen LogP contribution >= 0.6 is 11.6 Å². The Labute approximate surface area is 159 Å². The van der Waals surface area contributed by atoms with Crippen LogP contribution in [-0.4, -0.2) is 39.1 Å². The SMILES string of the molecule is Cc1nn(Cc2nc3c4cnn(-c5ccccc5)c4ncn3n2)c(C)c1Cl. The maximum atomic E-state index is 6.23. The molecule has 134 valence electrons. The van der Waals surface area contributed by atoms with Gasteiger partial charge in [-0.3, -0.25) is 4.68 Å². The van der Waals surface area contributed by atoms with E-state index in [0.29, 0.717) is 23.0 Å². The zero-order valence-electron chi connectivity index (χ0n) is 14.7. The maximum absolute atomic E-state index is 6.23. The van der Waals surface area contributed by atoms with Crippen molar-refractivity contribution in [1.82, 2.24) is 39.1 Å². The Kier molecular flexibility index (Phi) is 3.48. The van der Waals surface area contributed by atoms with Crippen molar-refractivity contribution in [3.8, 4) is 5.69 Å². The highest BCUT2D eigenvalue weighted by Crippen LogP contribution is 2.21. The van der Waals surface area contributed by atoms with Gasteiger partial charge in [-0.2, -0.15) is 10.2 Å². The second-order valence-corrected chi connectivity index (χ2v) is 6.69. The third-order valence-corrected chi connectivity index (χ3v) is 5.08. The third-order valence-electron chi connectivity index (χ3n) is 4.53. The van der Waals surface area contributed by atoms with Gasteiger partial charge < -0.3 is 0 Å². The predicted molar refractivity (Wildman–Crippen MR) is 101 cm³/mol. The molecule has 0 radical (unpaired) electrons. The van der Waals surface area contributed by atoms with E-state index in [2.05, 4.69) is 25.3 Å². The molecule has 0 fully saturated rings. The minimum absolute atomic E-state index is 0.440. The first kappa shape index (κ1) is 16.0. The lowest BCUT2D eigenvalue weighted by Gasteiger charge is -2.01. The molecule has 1 aromatic carbocycles. The predicted octanol–water partition coefficient (Wildman–Crippen LogP) is 2.98. The summed E-state index contributed by atoms with van der Waals surface area (Å²) in [5, 5.41) is 15.0. The van der Waals surface area contributed by atoms with Gasteiger partial charge in [0.1, 0.15) is 12.9 Å². The van der Waals surface area contributed by atoms with E-state index in [1.54, 1.807) is 21.7 Å². The van der Waals surface area contributed by atoms with Gasteiger partial charge >= 0.3 is 0 Å². The monoisotopic (exact) mass is 378 g/mol. The van der Waals surface area contributed by atoms with Crippen molar-refractivity contribution in [1.29, 1.82) is 0 Å². The van der Waals surface area contributed by atoms with Crippen molar-refractivity contribution in [2.24, 2.45) is 0 Å². The van der Waals surface area contributed by atoms with Crippen molar-refractivity contribution < 1.29 is 0 Å². The van der Waals surface area contributed by atoms with Gasteiger partial charge in [-0.05, 0) is 26.0 Å². The topological polar surface area (TPSA) is 78.7 Å². The van der Waals surface area contributed by atoms with E-state index >= 15 is 0 Å². The number of aryl methyl sites for hydroxylation is 1. The van der Waals surface area contributed by atoms with Gasteiger partial charge in [-0.15, -0.1) is 5.10 Å². The molecule has 0 aliphatic carbocycles. The van der Waals surface area contributed by atoms with Gasteiger partial charge in [-0.1, -0.05) is 29.8 Å². The van der Waals surface area contributed by atoms with E-state index in [4.69, 9.17) is 11.6 Å². The van der Waals surface area contributed by atoms with Crippen molar-refractivity contribution in [2.45, 2.75) is 20.4 Å². The largest absolute Gasteiger partial charge is 0.260 e. The molecule has 0 N–H and O–H groups in total. The van der Waals surface area contributed by atoms with Crippen LogP contribution in [0.4, 0.5) is 0 Å². The standard InChI is InChI=1S/C18H15ClN8/c1-11-16(19)12(2)25(23-11)9-15-22-18-14-8-21-27(13-6-4-3-5-7-13)17(14)20-10-26(18)24-15/h3-8,10H,9H2,1-2H3. The zero-order valence-corrected chi connectivity index (χ0v) is 15.5. The Bertz CT molecular complexity index is 1280. The van der Waals surface area contributed by atoms with Gasteiger partial charge in [-0.25, -0.2) is 19.2 Å². The highest BCUT2D eigenvalue weighted by atomic mass is 35.5. The number of hydrogen-bond acceptors (Lipinski definition) is 5. The molecule has 0 unspecified atom stereocenters. The van der Waals surface area contributed by atoms with Crippen LogP contribution in [0, 0.1) is 13.8 Å². The van der Waals surface area contributed by atoms with E-state index in [1.807, 2.05) is 48.9 Å². The quantitative estimate of drug-likeness (QED) is 0.482. The lowest BCUT2D eigenvalue weighted by Crippen LogP contribution is -2.05. The fourth-order valence-corrected chi connectivity index (χ4v) is 3.29. The molecule has 5 aromatic rings. The van der Waals surface area contributed by atoms with Crippen LogP contribution in [0.3, 0.4) is 0 Å². The summed E-state index contributed by atoms with van der Waals surface area (Å²) in [7, 11) is 0. The minimum Gasteiger partial charge on any atom is -0.260 e. The highest BCUT2D eigenvalue weighted by molar-refractivity contribution is 6.31. The molecule has 0 spiro atoms. The van der Waals surface area contributed by atoms with Crippen molar-refractivity contribution in [3.05, 3.63) is 65.1 Å². The molecule has 9 heteroatoms. The van der Waals surface area contributed by atoms with Crippen LogP contribution in [0.25, 0.3) is 22.4 Å². The summed E-state index contributed by atoms with van der Waals surface area (Å²) in [6, 6.07) is 9.88. The van der Waals surface area contributed by atoms with Crippen LogP contribution < -0.4 is 0 Å². The molecule has 0 amide bonds. The Morgan fingerprint density at radius 3 is 2.59 bits per heavy atom. The summed E-state index contributed by atoms with van der Waals surface area (Å²) < 4.78 is 5.27. The Hall–Kier alpha value is -3.26. The minimum atomic E-state index is 0.440. The average Bonchev–Trinajstić information content (AvgIpc) is 3.35. The number of hydrogen-bond donors (Lipinski definition) is 0. The van der Waals surface area contributed by atoms with E-state index in [-0.39, 0.29) is 0 Å². The number of halogens is 1.